The summed E-state index contributed by atoms with van der Waals surface area (Å²) < 4.78 is 30.5. The third-order valence-electron chi connectivity index (χ3n) is 1.91. The van der Waals surface area contributed by atoms with Crippen LogP contribution >= 0.6 is 22.6 Å². The number of aryl methyl sites for hydroxylation is 1. The average molecular weight is 341 g/mol. The number of rotatable bonds is 3. The quantitative estimate of drug-likeness (QED) is 0.627. The minimum atomic E-state index is -2.78. The highest BCUT2D eigenvalue weighted by atomic mass is 127. The second-order valence-corrected chi connectivity index (χ2v) is 4.12. The first-order valence-electron chi connectivity index (χ1n) is 4.59. The molecule has 1 aromatic rings. The van der Waals surface area contributed by atoms with E-state index in [9.17, 15) is 13.6 Å². The van der Waals surface area contributed by atoms with Crippen molar-refractivity contribution in [3.63, 3.8) is 0 Å². The molecule has 1 aromatic heterocycles. The van der Waals surface area contributed by atoms with Crippen LogP contribution in [0.5, 0.6) is 0 Å². The van der Waals surface area contributed by atoms with Crippen molar-refractivity contribution in [3.8, 4) is 0 Å². The van der Waals surface area contributed by atoms with Crippen molar-refractivity contribution < 1.29 is 18.3 Å². The molecule has 0 N–H and O–H groups in total. The van der Waals surface area contributed by atoms with Crippen molar-refractivity contribution in [2.75, 3.05) is 6.61 Å². The van der Waals surface area contributed by atoms with Gasteiger partial charge in [-0.15, -0.1) is 0 Å². The van der Waals surface area contributed by atoms with E-state index in [1.54, 1.807) is 13.8 Å². The molecule has 0 unspecified atom stereocenters. The number of alkyl halides is 2. The van der Waals surface area contributed by atoms with Crippen molar-refractivity contribution in [3.05, 3.63) is 26.6 Å². The molecule has 1 rings (SSSR count). The summed E-state index contributed by atoms with van der Waals surface area (Å²) in [5.74, 6) is -0.751. The molecule has 0 spiro atoms. The van der Waals surface area contributed by atoms with Gasteiger partial charge in [0.15, 0.2) is 0 Å². The number of carbonyl (C=O) groups is 1. The highest BCUT2D eigenvalue weighted by Gasteiger charge is 2.24. The highest BCUT2D eigenvalue weighted by molar-refractivity contribution is 14.1. The number of aromatic nitrogens is 1. The average Bonchev–Trinajstić information content (AvgIpc) is 2.21. The van der Waals surface area contributed by atoms with E-state index in [2.05, 4.69) is 4.98 Å². The van der Waals surface area contributed by atoms with Gasteiger partial charge in [-0.25, -0.2) is 13.6 Å². The summed E-state index contributed by atoms with van der Waals surface area (Å²) in [6.45, 7) is 3.47. The molecule has 1 heterocycles. The van der Waals surface area contributed by atoms with E-state index in [0.717, 1.165) is 0 Å². The maximum atomic E-state index is 12.7. The van der Waals surface area contributed by atoms with E-state index < -0.39 is 18.1 Å². The van der Waals surface area contributed by atoms with Crippen LogP contribution < -0.4 is 0 Å². The first-order chi connectivity index (χ1) is 7.49. The Hall–Kier alpha value is -0.790. The molecule has 0 aliphatic rings. The zero-order valence-corrected chi connectivity index (χ0v) is 10.9. The van der Waals surface area contributed by atoms with Crippen LogP contribution in [0, 0.1) is 10.5 Å². The van der Waals surface area contributed by atoms with Crippen LogP contribution in [0.3, 0.4) is 0 Å². The Morgan fingerprint density at radius 2 is 2.25 bits per heavy atom. The van der Waals surface area contributed by atoms with E-state index in [1.165, 1.54) is 6.20 Å². The normalized spacial score (nSPS) is 10.6. The van der Waals surface area contributed by atoms with E-state index in [4.69, 9.17) is 4.74 Å². The minimum absolute atomic E-state index is 0.127. The summed E-state index contributed by atoms with van der Waals surface area (Å²) in [5, 5.41) is 0. The summed E-state index contributed by atoms with van der Waals surface area (Å²) in [6, 6.07) is 0. The molecular weight excluding hydrogens is 331 g/mol. The molecule has 88 valence electrons. The van der Waals surface area contributed by atoms with Crippen LogP contribution in [0.15, 0.2) is 6.20 Å². The van der Waals surface area contributed by atoms with E-state index in [0.29, 0.717) is 9.13 Å². The molecule has 0 aliphatic heterocycles. The van der Waals surface area contributed by atoms with Gasteiger partial charge in [0.1, 0.15) is 11.3 Å². The van der Waals surface area contributed by atoms with Crippen LogP contribution in [0.1, 0.15) is 35.0 Å². The highest BCUT2D eigenvalue weighted by Crippen LogP contribution is 2.27. The topological polar surface area (TPSA) is 39.2 Å². The zero-order chi connectivity index (χ0) is 12.3. The molecular formula is C10H10F2INO2. The number of carbonyl (C=O) groups excluding carboxylic acids is 1. The SMILES string of the molecule is CCOC(=O)c1c(C(F)F)ncc(C)c1I. The predicted molar refractivity (Wildman–Crippen MR) is 62.6 cm³/mol. The summed E-state index contributed by atoms with van der Waals surface area (Å²) in [5.41, 5.74) is 0.0268. The lowest BCUT2D eigenvalue weighted by atomic mass is 10.1. The third kappa shape index (κ3) is 2.66. The maximum Gasteiger partial charge on any atom is 0.341 e. The van der Waals surface area contributed by atoms with Gasteiger partial charge in [-0.2, -0.15) is 0 Å². The van der Waals surface area contributed by atoms with Gasteiger partial charge in [-0.05, 0) is 42.0 Å². The van der Waals surface area contributed by atoms with Crippen molar-refractivity contribution in [1.82, 2.24) is 4.98 Å². The fraction of sp³-hybridized carbons (Fsp3) is 0.400. The molecule has 16 heavy (non-hydrogen) atoms. The van der Waals surface area contributed by atoms with E-state index >= 15 is 0 Å². The summed E-state index contributed by atoms with van der Waals surface area (Å²) in [7, 11) is 0. The lowest BCUT2D eigenvalue weighted by Gasteiger charge is -2.10. The second-order valence-electron chi connectivity index (χ2n) is 3.04. The molecule has 0 aromatic carbocycles. The Morgan fingerprint density at radius 1 is 1.62 bits per heavy atom. The molecule has 6 heteroatoms. The monoisotopic (exact) mass is 341 g/mol. The van der Waals surface area contributed by atoms with Crippen molar-refractivity contribution in [2.24, 2.45) is 0 Å². The Bertz CT molecular complexity index is 410. The van der Waals surface area contributed by atoms with Gasteiger partial charge in [0, 0.05) is 9.77 Å². The van der Waals surface area contributed by atoms with Gasteiger partial charge in [0.05, 0.1) is 6.61 Å². The number of hydrogen-bond acceptors (Lipinski definition) is 3. The summed E-state index contributed by atoms with van der Waals surface area (Å²) in [6.07, 6.45) is -1.46. The number of ether oxygens (including phenoxy) is 1. The first-order valence-corrected chi connectivity index (χ1v) is 5.67. The maximum absolute atomic E-state index is 12.7. The van der Waals surface area contributed by atoms with Crippen molar-refractivity contribution in [2.45, 2.75) is 20.3 Å². The molecule has 3 nitrogen and oxygen atoms in total. The molecule has 0 bridgehead atoms. The molecule has 0 saturated heterocycles. The van der Waals surface area contributed by atoms with Gasteiger partial charge in [0.2, 0.25) is 0 Å². The Labute approximate surface area is 105 Å². The van der Waals surface area contributed by atoms with Crippen LogP contribution in [0.4, 0.5) is 8.78 Å². The molecule has 0 saturated carbocycles. The Kier molecular flexibility index (Phi) is 4.57. The first kappa shape index (κ1) is 13.3. The fourth-order valence-electron chi connectivity index (χ4n) is 1.16. The molecule has 0 amide bonds. The van der Waals surface area contributed by atoms with E-state index in [-0.39, 0.29) is 12.2 Å². The summed E-state index contributed by atoms with van der Waals surface area (Å²) >= 11 is 1.84. The fourth-order valence-corrected chi connectivity index (χ4v) is 1.80. The molecule has 0 radical (unpaired) electrons. The Morgan fingerprint density at radius 3 is 2.75 bits per heavy atom. The van der Waals surface area contributed by atoms with Crippen molar-refractivity contribution in [1.29, 1.82) is 0 Å². The zero-order valence-electron chi connectivity index (χ0n) is 8.76. The summed E-state index contributed by atoms with van der Waals surface area (Å²) in [4.78, 5) is 15.1. The number of nitrogens with zero attached hydrogens (tertiary/aromatic N) is 1. The molecule has 0 aliphatic carbocycles. The smallest absolute Gasteiger partial charge is 0.341 e. The minimum Gasteiger partial charge on any atom is -0.462 e. The van der Waals surface area contributed by atoms with Crippen molar-refractivity contribution >= 4 is 28.6 Å². The van der Waals surface area contributed by atoms with Crippen LogP contribution in [-0.4, -0.2) is 17.6 Å². The standard InChI is InChI=1S/C10H10F2INO2/c1-3-16-10(15)6-7(13)5(2)4-14-8(6)9(11)12/h4,9H,3H2,1-2H3. The predicted octanol–water partition coefficient (Wildman–Crippen LogP) is 3.11. The Balaban J connectivity index is 3.31. The third-order valence-corrected chi connectivity index (χ3v) is 3.30. The number of pyridine rings is 1. The van der Waals surface area contributed by atoms with Gasteiger partial charge in [-0.3, -0.25) is 4.98 Å². The van der Waals surface area contributed by atoms with E-state index in [1.807, 2.05) is 22.6 Å². The van der Waals surface area contributed by atoms with Crippen LogP contribution in [0.25, 0.3) is 0 Å². The molecule has 0 atom stereocenters. The number of hydrogen-bond donors (Lipinski definition) is 0. The van der Waals surface area contributed by atoms with Gasteiger partial charge in [-0.1, -0.05) is 0 Å². The van der Waals surface area contributed by atoms with Gasteiger partial charge in [0.25, 0.3) is 6.43 Å². The lowest BCUT2D eigenvalue weighted by molar-refractivity contribution is 0.0512. The van der Waals surface area contributed by atoms with Gasteiger partial charge < -0.3 is 4.74 Å². The molecule has 0 fully saturated rings. The van der Waals surface area contributed by atoms with Gasteiger partial charge >= 0.3 is 5.97 Å². The number of esters is 1. The lowest BCUT2D eigenvalue weighted by Crippen LogP contribution is -2.13. The largest absolute Gasteiger partial charge is 0.462 e. The van der Waals surface area contributed by atoms with Crippen LogP contribution in [0.2, 0.25) is 0 Å². The number of halogens is 3. The van der Waals surface area contributed by atoms with Crippen LogP contribution in [-0.2, 0) is 4.74 Å². The second kappa shape index (κ2) is 5.51.